The molecule has 0 saturated carbocycles. The summed E-state index contributed by atoms with van der Waals surface area (Å²) in [4.78, 5) is 10.4. The number of aromatic nitrogens is 1. The van der Waals surface area contributed by atoms with Crippen LogP contribution in [0.25, 0.3) is 0 Å². The second-order valence-electron chi connectivity index (χ2n) is 4.40. The van der Waals surface area contributed by atoms with Crippen molar-refractivity contribution in [1.82, 2.24) is 9.88 Å². The van der Waals surface area contributed by atoms with Gasteiger partial charge in [-0.1, -0.05) is 19.1 Å². The zero-order valence-electron chi connectivity index (χ0n) is 10.9. The molecule has 2 rings (SSSR count). The van der Waals surface area contributed by atoms with Crippen molar-refractivity contribution in [2.45, 2.75) is 20.0 Å². The van der Waals surface area contributed by atoms with E-state index in [0.717, 1.165) is 18.7 Å². The van der Waals surface area contributed by atoms with Crippen LogP contribution in [0.2, 0.25) is 0 Å². The van der Waals surface area contributed by atoms with Crippen molar-refractivity contribution in [3.8, 4) is 0 Å². The number of nitro benzene ring substituents is 1. The van der Waals surface area contributed by atoms with E-state index in [2.05, 4.69) is 24.5 Å². The van der Waals surface area contributed by atoms with E-state index in [9.17, 15) is 10.1 Å². The highest BCUT2D eigenvalue weighted by Gasteiger charge is 2.06. The molecule has 0 aliphatic rings. The average Bonchev–Trinajstić information content (AvgIpc) is 2.84. The maximum absolute atomic E-state index is 10.7. The molecule has 1 N–H and O–H groups in total. The normalized spacial score (nSPS) is 10.6. The Morgan fingerprint density at radius 3 is 2.89 bits per heavy atom. The van der Waals surface area contributed by atoms with Crippen LogP contribution in [0, 0.1) is 10.1 Å². The van der Waals surface area contributed by atoms with Gasteiger partial charge in [-0.3, -0.25) is 10.1 Å². The molecule has 0 spiro atoms. The van der Waals surface area contributed by atoms with Crippen LogP contribution >= 0.6 is 0 Å². The fourth-order valence-corrected chi connectivity index (χ4v) is 1.94. The lowest BCUT2D eigenvalue weighted by Gasteiger charge is -2.03. The first-order valence-electron chi connectivity index (χ1n) is 6.27. The van der Waals surface area contributed by atoms with Gasteiger partial charge in [0.1, 0.15) is 0 Å². The zero-order valence-corrected chi connectivity index (χ0v) is 10.9. The summed E-state index contributed by atoms with van der Waals surface area (Å²) in [6, 6.07) is 8.80. The van der Waals surface area contributed by atoms with Crippen LogP contribution in [-0.2, 0) is 13.1 Å². The molecule has 5 nitrogen and oxygen atoms in total. The van der Waals surface area contributed by atoms with Crippen molar-refractivity contribution in [1.29, 1.82) is 0 Å². The molecule has 0 saturated heterocycles. The molecular weight excluding hydrogens is 242 g/mol. The van der Waals surface area contributed by atoms with E-state index < -0.39 is 0 Å². The Hall–Kier alpha value is -2.14. The molecule has 0 unspecified atom stereocenters. The SMILES string of the molecule is CCNCc1ccn(Cc2cccc([N+](=O)[O-])c2)c1. The van der Waals surface area contributed by atoms with E-state index in [1.54, 1.807) is 12.1 Å². The monoisotopic (exact) mass is 259 g/mol. The van der Waals surface area contributed by atoms with Crippen molar-refractivity contribution in [2.75, 3.05) is 6.54 Å². The molecule has 1 aromatic carbocycles. The van der Waals surface area contributed by atoms with Crippen LogP contribution in [0.15, 0.2) is 42.7 Å². The molecule has 100 valence electrons. The quantitative estimate of drug-likeness (QED) is 0.640. The Labute approximate surface area is 112 Å². The third kappa shape index (κ3) is 3.66. The van der Waals surface area contributed by atoms with Gasteiger partial charge < -0.3 is 9.88 Å². The second kappa shape index (κ2) is 6.15. The van der Waals surface area contributed by atoms with Gasteiger partial charge in [0.25, 0.3) is 5.69 Å². The molecular formula is C14H17N3O2. The van der Waals surface area contributed by atoms with Gasteiger partial charge in [-0.2, -0.15) is 0 Å². The van der Waals surface area contributed by atoms with E-state index >= 15 is 0 Å². The summed E-state index contributed by atoms with van der Waals surface area (Å²) >= 11 is 0. The molecule has 0 atom stereocenters. The number of hydrogen-bond donors (Lipinski definition) is 1. The number of benzene rings is 1. The van der Waals surface area contributed by atoms with Gasteiger partial charge in [0.15, 0.2) is 0 Å². The molecule has 0 radical (unpaired) electrons. The van der Waals surface area contributed by atoms with Crippen LogP contribution in [0.5, 0.6) is 0 Å². The van der Waals surface area contributed by atoms with E-state index in [0.29, 0.717) is 6.54 Å². The molecule has 0 fully saturated rings. The summed E-state index contributed by atoms with van der Waals surface area (Å²) in [5.41, 5.74) is 2.28. The van der Waals surface area contributed by atoms with Crippen molar-refractivity contribution in [3.63, 3.8) is 0 Å². The number of nitrogens with zero attached hydrogens (tertiary/aromatic N) is 2. The summed E-state index contributed by atoms with van der Waals surface area (Å²) in [5.74, 6) is 0. The van der Waals surface area contributed by atoms with Crippen molar-refractivity contribution < 1.29 is 4.92 Å². The lowest BCUT2D eigenvalue weighted by molar-refractivity contribution is -0.384. The largest absolute Gasteiger partial charge is 0.350 e. The maximum Gasteiger partial charge on any atom is 0.269 e. The number of nitro groups is 1. The van der Waals surface area contributed by atoms with Crippen LogP contribution in [0.1, 0.15) is 18.1 Å². The van der Waals surface area contributed by atoms with Crippen LogP contribution < -0.4 is 5.32 Å². The minimum atomic E-state index is -0.365. The molecule has 1 aromatic heterocycles. The van der Waals surface area contributed by atoms with Crippen LogP contribution in [0.4, 0.5) is 5.69 Å². The summed E-state index contributed by atoms with van der Waals surface area (Å²) in [7, 11) is 0. The van der Waals surface area contributed by atoms with E-state index in [4.69, 9.17) is 0 Å². The third-order valence-corrected chi connectivity index (χ3v) is 2.88. The molecule has 0 bridgehead atoms. The van der Waals surface area contributed by atoms with Gasteiger partial charge in [0.2, 0.25) is 0 Å². The minimum Gasteiger partial charge on any atom is -0.350 e. The van der Waals surface area contributed by atoms with Gasteiger partial charge in [0, 0.05) is 37.6 Å². The van der Waals surface area contributed by atoms with Crippen LogP contribution in [-0.4, -0.2) is 16.0 Å². The lowest BCUT2D eigenvalue weighted by Crippen LogP contribution is -2.11. The number of hydrogen-bond acceptors (Lipinski definition) is 3. The highest BCUT2D eigenvalue weighted by atomic mass is 16.6. The fraction of sp³-hybridized carbons (Fsp3) is 0.286. The third-order valence-electron chi connectivity index (χ3n) is 2.88. The van der Waals surface area contributed by atoms with Gasteiger partial charge in [-0.15, -0.1) is 0 Å². The van der Waals surface area contributed by atoms with E-state index in [1.807, 2.05) is 16.8 Å². The summed E-state index contributed by atoms with van der Waals surface area (Å²) in [6.07, 6.45) is 4.05. The summed E-state index contributed by atoms with van der Waals surface area (Å²) in [6.45, 7) is 4.50. The standard InChI is InChI=1S/C14H17N3O2/c1-2-15-9-13-6-7-16(11-13)10-12-4-3-5-14(8-12)17(18)19/h3-8,11,15H,2,9-10H2,1H3. The molecule has 19 heavy (non-hydrogen) atoms. The number of non-ortho nitro benzene ring substituents is 1. The first-order chi connectivity index (χ1) is 9.19. The number of nitrogens with one attached hydrogen (secondary N) is 1. The zero-order chi connectivity index (χ0) is 13.7. The van der Waals surface area contributed by atoms with Gasteiger partial charge in [0.05, 0.1) is 4.92 Å². The van der Waals surface area contributed by atoms with E-state index in [1.165, 1.54) is 11.6 Å². The Morgan fingerprint density at radius 2 is 2.16 bits per heavy atom. The topological polar surface area (TPSA) is 60.1 Å². The fourth-order valence-electron chi connectivity index (χ4n) is 1.94. The highest BCUT2D eigenvalue weighted by Crippen LogP contribution is 2.14. The van der Waals surface area contributed by atoms with E-state index in [-0.39, 0.29) is 10.6 Å². The maximum atomic E-state index is 10.7. The molecule has 2 aromatic rings. The Morgan fingerprint density at radius 1 is 1.32 bits per heavy atom. The minimum absolute atomic E-state index is 0.137. The van der Waals surface area contributed by atoms with Gasteiger partial charge in [-0.05, 0) is 23.7 Å². The predicted molar refractivity (Wildman–Crippen MR) is 74.0 cm³/mol. The molecule has 0 aliphatic heterocycles. The summed E-state index contributed by atoms with van der Waals surface area (Å²) in [5, 5.41) is 14.0. The lowest BCUT2D eigenvalue weighted by atomic mass is 10.2. The molecule has 5 heteroatoms. The predicted octanol–water partition coefficient (Wildman–Crippen LogP) is 2.55. The van der Waals surface area contributed by atoms with Crippen molar-refractivity contribution in [3.05, 3.63) is 64.0 Å². The van der Waals surface area contributed by atoms with Crippen molar-refractivity contribution in [2.24, 2.45) is 0 Å². The number of rotatable bonds is 6. The average molecular weight is 259 g/mol. The Bertz CT molecular complexity index is 563. The Balaban J connectivity index is 2.06. The van der Waals surface area contributed by atoms with Crippen LogP contribution in [0.3, 0.4) is 0 Å². The second-order valence-corrected chi connectivity index (χ2v) is 4.40. The summed E-state index contributed by atoms with van der Waals surface area (Å²) < 4.78 is 2.03. The Kier molecular flexibility index (Phi) is 4.30. The van der Waals surface area contributed by atoms with Crippen molar-refractivity contribution >= 4 is 5.69 Å². The van der Waals surface area contributed by atoms with Gasteiger partial charge in [-0.25, -0.2) is 0 Å². The van der Waals surface area contributed by atoms with Gasteiger partial charge >= 0.3 is 0 Å². The highest BCUT2D eigenvalue weighted by molar-refractivity contribution is 5.34. The smallest absolute Gasteiger partial charge is 0.269 e. The molecule has 1 heterocycles. The molecule has 0 aliphatic carbocycles. The first-order valence-corrected chi connectivity index (χ1v) is 6.27. The first kappa shape index (κ1) is 13.3. The molecule has 0 amide bonds.